The van der Waals surface area contributed by atoms with Crippen molar-refractivity contribution >= 4 is 17.8 Å². The zero-order chi connectivity index (χ0) is 19.2. The van der Waals surface area contributed by atoms with Gasteiger partial charge in [-0.1, -0.05) is 6.92 Å². The fraction of sp³-hybridized carbons (Fsp3) is 0.438. The largest absolute Gasteiger partial charge is 0.480 e. The maximum Gasteiger partial charge on any atom is 0.416 e. The standard InChI is InChI=1S/C16H18F3NO5/c1-3-25-15(24)9(2)8-12(14(22)23)20-13(21)10-4-6-11(7-5-10)16(17,18)19/h4-7,9,12H,3,8H2,1-2H3,(H,20,21)(H,22,23)/t9-,12+/m1/s1. The number of amides is 1. The summed E-state index contributed by atoms with van der Waals surface area (Å²) in [5.74, 6) is -3.58. The topological polar surface area (TPSA) is 92.7 Å². The normalized spacial score (nSPS) is 13.6. The number of alkyl halides is 3. The van der Waals surface area contributed by atoms with E-state index in [2.05, 4.69) is 5.32 Å². The van der Waals surface area contributed by atoms with Crippen LogP contribution in [0.5, 0.6) is 0 Å². The van der Waals surface area contributed by atoms with Crippen molar-refractivity contribution in [3.05, 3.63) is 35.4 Å². The molecule has 1 aromatic carbocycles. The lowest BCUT2D eigenvalue weighted by molar-refractivity contribution is -0.148. The lowest BCUT2D eigenvalue weighted by Gasteiger charge is -2.18. The van der Waals surface area contributed by atoms with Gasteiger partial charge in [0.15, 0.2) is 0 Å². The monoisotopic (exact) mass is 361 g/mol. The highest BCUT2D eigenvalue weighted by atomic mass is 19.4. The van der Waals surface area contributed by atoms with Gasteiger partial charge in [0.05, 0.1) is 18.1 Å². The van der Waals surface area contributed by atoms with Crippen LogP contribution in [0.2, 0.25) is 0 Å². The zero-order valence-electron chi connectivity index (χ0n) is 13.6. The van der Waals surface area contributed by atoms with Crippen LogP contribution in [0.15, 0.2) is 24.3 Å². The summed E-state index contributed by atoms with van der Waals surface area (Å²) in [5.41, 5.74) is -1.04. The van der Waals surface area contributed by atoms with Crippen LogP contribution in [0.4, 0.5) is 13.2 Å². The van der Waals surface area contributed by atoms with Crippen LogP contribution in [-0.2, 0) is 20.5 Å². The van der Waals surface area contributed by atoms with Gasteiger partial charge in [0.25, 0.3) is 5.91 Å². The number of carboxylic acid groups (broad SMARTS) is 1. The molecule has 0 saturated carbocycles. The van der Waals surface area contributed by atoms with Crippen LogP contribution < -0.4 is 5.32 Å². The molecule has 0 aliphatic carbocycles. The van der Waals surface area contributed by atoms with Gasteiger partial charge in [0.2, 0.25) is 0 Å². The third kappa shape index (κ3) is 6.09. The van der Waals surface area contributed by atoms with E-state index in [0.29, 0.717) is 0 Å². The van der Waals surface area contributed by atoms with Gasteiger partial charge in [-0.3, -0.25) is 9.59 Å². The zero-order valence-corrected chi connectivity index (χ0v) is 13.6. The third-order valence-electron chi connectivity index (χ3n) is 3.36. The highest BCUT2D eigenvalue weighted by molar-refractivity contribution is 5.96. The molecular formula is C16H18F3NO5. The first-order chi connectivity index (χ1) is 11.6. The summed E-state index contributed by atoms with van der Waals surface area (Å²) in [6, 6.07) is 1.98. The van der Waals surface area contributed by atoms with Crippen LogP contribution in [0, 0.1) is 5.92 Å². The maximum atomic E-state index is 12.5. The van der Waals surface area contributed by atoms with Crippen molar-refractivity contribution in [2.24, 2.45) is 5.92 Å². The molecule has 1 rings (SSSR count). The molecule has 0 aromatic heterocycles. The molecule has 6 nitrogen and oxygen atoms in total. The Morgan fingerprint density at radius 1 is 1.20 bits per heavy atom. The van der Waals surface area contributed by atoms with Crippen LogP contribution >= 0.6 is 0 Å². The lowest BCUT2D eigenvalue weighted by atomic mass is 10.0. The molecule has 138 valence electrons. The Morgan fingerprint density at radius 2 is 1.76 bits per heavy atom. The van der Waals surface area contributed by atoms with Crippen LogP contribution in [0.1, 0.15) is 36.2 Å². The van der Waals surface area contributed by atoms with E-state index in [9.17, 15) is 27.6 Å². The van der Waals surface area contributed by atoms with Crippen molar-refractivity contribution in [1.82, 2.24) is 5.32 Å². The minimum Gasteiger partial charge on any atom is -0.480 e. The van der Waals surface area contributed by atoms with E-state index in [-0.39, 0.29) is 18.6 Å². The highest BCUT2D eigenvalue weighted by Gasteiger charge is 2.31. The second-order valence-electron chi connectivity index (χ2n) is 5.33. The van der Waals surface area contributed by atoms with E-state index >= 15 is 0 Å². The molecule has 9 heteroatoms. The lowest BCUT2D eigenvalue weighted by Crippen LogP contribution is -2.42. The van der Waals surface area contributed by atoms with Gasteiger partial charge < -0.3 is 15.2 Å². The first-order valence-corrected chi connectivity index (χ1v) is 7.43. The number of carbonyl (C=O) groups is 3. The summed E-state index contributed by atoms with van der Waals surface area (Å²) in [6.07, 6.45) is -4.74. The van der Waals surface area contributed by atoms with Crippen molar-refractivity contribution in [2.45, 2.75) is 32.5 Å². The predicted molar refractivity (Wildman–Crippen MR) is 80.7 cm³/mol. The first kappa shape index (κ1) is 20.5. The number of hydrogen-bond donors (Lipinski definition) is 2. The van der Waals surface area contributed by atoms with Gasteiger partial charge in [-0.2, -0.15) is 13.2 Å². The molecule has 0 spiro atoms. The van der Waals surface area contributed by atoms with Crippen LogP contribution in [0.25, 0.3) is 0 Å². The average Bonchev–Trinajstić information content (AvgIpc) is 2.53. The molecule has 2 N–H and O–H groups in total. The Morgan fingerprint density at radius 3 is 2.20 bits per heavy atom. The Hall–Kier alpha value is -2.58. The molecule has 1 aromatic rings. The van der Waals surface area contributed by atoms with E-state index < -0.39 is 41.5 Å². The quantitative estimate of drug-likeness (QED) is 0.728. The summed E-state index contributed by atoms with van der Waals surface area (Å²) in [4.78, 5) is 34.8. The predicted octanol–water partition coefficient (Wildman–Crippen LogP) is 2.48. The molecule has 0 heterocycles. The van der Waals surface area contributed by atoms with Crippen molar-refractivity contribution < 1.29 is 37.4 Å². The number of carbonyl (C=O) groups excluding carboxylic acids is 2. The number of hydrogen-bond acceptors (Lipinski definition) is 4. The SMILES string of the molecule is CCOC(=O)[C@H](C)C[C@H](NC(=O)c1ccc(C(F)(F)F)cc1)C(=O)O. The second kappa shape index (κ2) is 8.50. The number of nitrogens with one attached hydrogen (secondary N) is 1. The third-order valence-corrected chi connectivity index (χ3v) is 3.36. The van der Waals surface area contributed by atoms with Crippen molar-refractivity contribution in [1.29, 1.82) is 0 Å². The molecule has 0 bridgehead atoms. The van der Waals surface area contributed by atoms with Gasteiger partial charge in [-0.15, -0.1) is 0 Å². The Labute approximate surface area is 142 Å². The summed E-state index contributed by atoms with van der Waals surface area (Å²) in [7, 11) is 0. The van der Waals surface area contributed by atoms with Crippen molar-refractivity contribution in [3.63, 3.8) is 0 Å². The van der Waals surface area contributed by atoms with Crippen LogP contribution in [-0.4, -0.2) is 35.6 Å². The summed E-state index contributed by atoms with van der Waals surface area (Å²) in [6.45, 7) is 3.20. The Bertz CT molecular complexity index is 628. The molecule has 25 heavy (non-hydrogen) atoms. The molecule has 0 radical (unpaired) electrons. The summed E-state index contributed by atoms with van der Waals surface area (Å²) in [5, 5.41) is 11.4. The Kier molecular flexibility index (Phi) is 6.96. The molecule has 0 aliphatic rings. The van der Waals surface area contributed by atoms with E-state index in [1.54, 1.807) is 6.92 Å². The summed E-state index contributed by atoms with van der Waals surface area (Å²) < 4.78 is 42.3. The number of esters is 1. The minimum absolute atomic E-state index is 0.122. The molecule has 0 fully saturated rings. The average molecular weight is 361 g/mol. The number of benzene rings is 1. The van der Waals surface area contributed by atoms with Gasteiger partial charge in [0, 0.05) is 5.56 Å². The smallest absolute Gasteiger partial charge is 0.416 e. The minimum atomic E-state index is -4.53. The number of halogens is 3. The Balaban J connectivity index is 2.79. The van der Waals surface area contributed by atoms with E-state index in [1.165, 1.54) is 6.92 Å². The van der Waals surface area contributed by atoms with Gasteiger partial charge >= 0.3 is 18.1 Å². The first-order valence-electron chi connectivity index (χ1n) is 7.43. The second-order valence-corrected chi connectivity index (χ2v) is 5.33. The van der Waals surface area contributed by atoms with Gasteiger partial charge in [0.1, 0.15) is 6.04 Å². The molecule has 1 amide bonds. The van der Waals surface area contributed by atoms with Crippen molar-refractivity contribution in [2.75, 3.05) is 6.61 Å². The number of ether oxygens (including phenoxy) is 1. The van der Waals surface area contributed by atoms with Crippen LogP contribution in [0.3, 0.4) is 0 Å². The van der Waals surface area contributed by atoms with Gasteiger partial charge in [-0.05, 0) is 37.6 Å². The molecular weight excluding hydrogens is 343 g/mol. The summed E-state index contributed by atoms with van der Waals surface area (Å²) >= 11 is 0. The van der Waals surface area contributed by atoms with E-state index in [0.717, 1.165) is 24.3 Å². The van der Waals surface area contributed by atoms with E-state index in [1.807, 2.05) is 0 Å². The number of rotatable bonds is 7. The fourth-order valence-electron chi connectivity index (χ4n) is 2.01. The van der Waals surface area contributed by atoms with E-state index in [4.69, 9.17) is 9.84 Å². The molecule has 2 atom stereocenters. The number of aliphatic carboxylic acids is 1. The molecule has 0 saturated heterocycles. The number of carboxylic acids is 1. The fourth-order valence-corrected chi connectivity index (χ4v) is 2.01. The molecule has 0 unspecified atom stereocenters. The van der Waals surface area contributed by atoms with Crippen molar-refractivity contribution in [3.8, 4) is 0 Å². The maximum absolute atomic E-state index is 12.5. The molecule has 0 aliphatic heterocycles. The highest BCUT2D eigenvalue weighted by Crippen LogP contribution is 2.29. The van der Waals surface area contributed by atoms with Gasteiger partial charge in [-0.25, -0.2) is 4.79 Å².